The maximum absolute atomic E-state index is 12.6. The average Bonchev–Trinajstić information content (AvgIpc) is 2.71. The van der Waals surface area contributed by atoms with Crippen molar-refractivity contribution in [3.8, 4) is 0 Å². The van der Waals surface area contributed by atoms with E-state index < -0.39 is 15.6 Å². The van der Waals surface area contributed by atoms with Crippen molar-refractivity contribution in [2.24, 2.45) is 7.05 Å². The lowest BCUT2D eigenvalue weighted by atomic mass is 10.0. The lowest BCUT2D eigenvalue weighted by Gasteiger charge is -2.33. The fraction of sp³-hybridized carbons (Fsp3) is 0.692. The Balaban J connectivity index is 3.17. The average molecular weight is 287 g/mol. The summed E-state index contributed by atoms with van der Waals surface area (Å²) in [6.45, 7) is 6.50. The van der Waals surface area contributed by atoms with Gasteiger partial charge in [0.25, 0.3) is 0 Å². The quantitative estimate of drug-likeness (QED) is 0.864. The van der Waals surface area contributed by atoms with E-state index in [1.807, 2.05) is 39.4 Å². The van der Waals surface area contributed by atoms with Crippen molar-refractivity contribution in [1.29, 1.82) is 0 Å². The van der Waals surface area contributed by atoms with Crippen LogP contribution in [-0.2, 0) is 23.6 Å². The fourth-order valence-electron chi connectivity index (χ4n) is 1.78. The van der Waals surface area contributed by atoms with Crippen LogP contribution >= 0.6 is 0 Å². The minimum absolute atomic E-state index is 0.351. The Morgan fingerprint density at radius 2 is 2.00 bits per heavy atom. The van der Waals surface area contributed by atoms with Crippen molar-refractivity contribution < 1.29 is 8.42 Å². The van der Waals surface area contributed by atoms with E-state index in [1.165, 1.54) is 4.31 Å². The van der Waals surface area contributed by atoms with Crippen molar-refractivity contribution >= 4 is 10.0 Å². The van der Waals surface area contributed by atoms with Crippen LogP contribution in [0.3, 0.4) is 0 Å². The predicted octanol–water partition coefficient (Wildman–Crippen LogP) is 1.55. The molecule has 0 bridgehead atoms. The normalized spacial score (nSPS) is 13.2. The van der Waals surface area contributed by atoms with Gasteiger partial charge in [0.2, 0.25) is 10.0 Å². The first-order valence-electron chi connectivity index (χ1n) is 6.45. The third kappa shape index (κ3) is 3.19. The number of sulfonamides is 1. The summed E-state index contributed by atoms with van der Waals surface area (Å²) >= 11 is 0. The van der Waals surface area contributed by atoms with E-state index in [0.29, 0.717) is 11.4 Å². The molecule has 0 aliphatic carbocycles. The highest BCUT2D eigenvalue weighted by molar-refractivity contribution is 7.89. The van der Waals surface area contributed by atoms with E-state index in [0.717, 1.165) is 12.1 Å². The molecule has 0 unspecified atom stereocenters. The van der Waals surface area contributed by atoms with Gasteiger partial charge < -0.3 is 9.88 Å². The summed E-state index contributed by atoms with van der Waals surface area (Å²) in [6.07, 6.45) is 2.43. The van der Waals surface area contributed by atoms with Crippen LogP contribution in [0, 0.1) is 0 Å². The van der Waals surface area contributed by atoms with Crippen molar-refractivity contribution in [1.82, 2.24) is 14.2 Å². The molecule has 1 aromatic rings. The molecule has 19 heavy (non-hydrogen) atoms. The second kappa shape index (κ2) is 5.64. The maximum atomic E-state index is 12.6. The van der Waals surface area contributed by atoms with Gasteiger partial charge in [0.1, 0.15) is 4.90 Å². The number of aromatic nitrogens is 1. The van der Waals surface area contributed by atoms with Gasteiger partial charge in [0.05, 0.1) is 0 Å². The van der Waals surface area contributed by atoms with Crippen LogP contribution in [0.4, 0.5) is 0 Å². The van der Waals surface area contributed by atoms with Gasteiger partial charge in [-0.15, -0.1) is 0 Å². The van der Waals surface area contributed by atoms with E-state index in [1.54, 1.807) is 19.3 Å². The highest BCUT2D eigenvalue weighted by Crippen LogP contribution is 2.26. The monoisotopic (exact) mass is 287 g/mol. The molecule has 0 saturated carbocycles. The topological polar surface area (TPSA) is 54.3 Å². The predicted molar refractivity (Wildman–Crippen MR) is 77.5 cm³/mol. The molecule has 0 amide bonds. The Morgan fingerprint density at radius 1 is 1.42 bits per heavy atom. The lowest BCUT2D eigenvalue weighted by molar-refractivity contribution is 0.257. The Labute approximate surface area is 116 Å². The van der Waals surface area contributed by atoms with E-state index >= 15 is 0 Å². The zero-order valence-electron chi connectivity index (χ0n) is 12.7. The van der Waals surface area contributed by atoms with Gasteiger partial charge in [0, 0.05) is 38.1 Å². The van der Waals surface area contributed by atoms with Gasteiger partial charge in [-0.25, -0.2) is 8.42 Å². The Kier molecular flexibility index (Phi) is 4.81. The van der Waals surface area contributed by atoms with Crippen LogP contribution in [0.5, 0.6) is 0 Å². The zero-order valence-corrected chi connectivity index (χ0v) is 13.5. The first-order chi connectivity index (χ1) is 8.66. The molecule has 0 atom stereocenters. The molecule has 1 N–H and O–H groups in total. The lowest BCUT2D eigenvalue weighted by Crippen LogP contribution is -2.44. The summed E-state index contributed by atoms with van der Waals surface area (Å²) in [5.41, 5.74) is 0.557. The summed E-state index contributed by atoms with van der Waals surface area (Å²) in [5, 5.41) is 3.03. The molecule has 0 aliphatic heterocycles. The molecule has 1 aromatic heterocycles. The molecule has 1 rings (SSSR count). The summed E-state index contributed by atoms with van der Waals surface area (Å²) in [7, 11) is 1.90. The molecular weight excluding hydrogens is 262 g/mol. The highest BCUT2D eigenvalue weighted by atomic mass is 32.2. The smallest absolute Gasteiger partial charge is 0.244 e. The van der Waals surface area contributed by atoms with Crippen LogP contribution < -0.4 is 5.32 Å². The van der Waals surface area contributed by atoms with Gasteiger partial charge >= 0.3 is 0 Å². The Hall–Kier alpha value is -0.850. The molecule has 6 heteroatoms. The summed E-state index contributed by atoms with van der Waals surface area (Å²) in [6, 6.07) is 1.73. The van der Waals surface area contributed by atoms with Crippen LogP contribution in [-0.4, -0.2) is 36.9 Å². The second-order valence-electron chi connectivity index (χ2n) is 5.45. The van der Waals surface area contributed by atoms with Gasteiger partial charge in [-0.1, -0.05) is 6.92 Å². The van der Waals surface area contributed by atoms with Gasteiger partial charge in [-0.05, 0) is 33.4 Å². The number of hydrogen-bond acceptors (Lipinski definition) is 3. The summed E-state index contributed by atoms with van der Waals surface area (Å²) < 4.78 is 28.5. The second-order valence-corrected chi connectivity index (χ2v) is 7.42. The summed E-state index contributed by atoms with van der Waals surface area (Å²) in [5.74, 6) is 0. The van der Waals surface area contributed by atoms with E-state index in [9.17, 15) is 8.42 Å². The largest absolute Gasteiger partial charge is 0.352 e. The summed E-state index contributed by atoms with van der Waals surface area (Å²) in [4.78, 5) is 0.351. The Bertz CT molecular complexity index is 532. The highest BCUT2D eigenvalue weighted by Gasteiger charge is 2.33. The molecule has 5 nitrogen and oxygen atoms in total. The number of nitrogens with zero attached hydrogens (tertiary/aromatic N) is 2. The van der Waals surface area contributed by atoms with Gasteiger partial charge in [0.15, 0.2) is 0 Å². The van der Waals surface area contributed by atoms with E-state index in [-0.39, 0.29) is 0 Å². The molecule has 0 saturated heterocycles. The number of nitrogens with one attached hydrogen (secondary N) is 1. The molecule has 1 heterocycles. The van der Waals surface area contributed by atoms with Crippen LogP contribution in [0.25, 0.3) is 0 Å². The SMILES string of the molecule is CCC(C)(C)N(C)S(=O)(=O)c1cc(CNC)n(C)c1. The van der Waals surface area contributed by atoms with Gasteiger partial charge in [-0.3, -0.25) is 0 Å². The van der Waals surface area contributed by atoms with Crippen LogP contribution in [0.1, 0.15) is 32.9 Å². The number of hydrogen-bond donors (Lipinski definition) is 1. The number of rotatable bonds is 6. The van der Waals surface area contributed by atoms with Crippen LogP contribution in [0.15, 0.2) is 17.2 Å². The molecule has 0 fully saturated rings. The number of aryl methyl sites for hydroxylation is 1. The van der Waals surface area contributed by atoms with E-state index in [2.05, 4.69) is 5.32 Å². The molecular formula is C13H25N3O2S. The third-order valence-electron chi connectivity index (χ3n) is 3.82. The maximum Gasteiger partial charge on any atom is 0.244 e. The first-order valence-corrected chi connectivity index (χ1v) is 7.89. The molecule has 0 aromatic carbocycles. The van der Waals surface area contributed by atoms with Crippen molar-refractivity contribution in [2.45, 2.75) is 44.2 Å². The van der Waals surface area contributed by atoms with Gasteiger partial charge in [-0.2, -0.15) is 4.31 Å². The molecule has 0 spiro atoms. The molecule has 0 aliphatic rings. The Morgan fingerprint density at radius 3 is 2.47 bits per heavy atom. The van der Waals surface area contributed by atoms with Crippen molar-refractivity contribution in [2.75, 3.05) is 14.1 Å². The zero-order chi connectivity index (χ0) is 14.8. The fourth-order valence-corrected chi connectivity index (χ4v) is 3.45. The molecule has 0 radical (unpaired) electrons. The molecule has 110 valence electrons. The third-order valence-corrected chi connectivity index (χ3v) is 5.85. The first kappa shape index (κ1) is 16.2. The van der Waals surface area contributed by atoms with E-state index in [4.69, 9.17) is 0 Å². The van der Waals surface area contributed by atoms with Crippen LogP contribution in [0.2, 0.25) is 0 Å². The minimum Gasteiger partial charge on any atom is -0.352 e. The van der Waals surface area contributed by atoms with Crippen molar-refractivity contribution in [3.63, 3.8) is 0 Å². The standard InChI is InChI=1S/C13H25N3O2S/c1-7-13(2,3)16(6)19(17,18)12-8-11(9-14-4)15(5)10-12/h8,10,14H,7,9H2,1-6H3. The van der Waals surface area contributed by atoms with Crippen molar-refractivity contribution in [3.05, 3.63) is 18.0 Å². The minimum atomic E-state index is -3.44.